The zero-order chi connectivity index (χ0) is 20.6. The highest BCUT2D eigenvalue weighted by molar-refractivity contribution is 6.39. The van der Waals surface area contributed by atoms with Crippen LogP contribution in [-0.4, -0.2) is 42.3 Å². The van der Waals surface area contributed by atoms with Gasteiger partial charge in [-0.3, -0.25) is 14.4 Å². The van der Waals surface area contributed by atoms with Crippen LogP contribution < -0.4 is 16.4 Å². The molecule has 0 aromatic heterocycles. The normalized spacial score (nSPS) is 13.8. The van der Waals surface area contributed by atoms with E-state index in [0.717, 1.165) is 19.3 Å². The van der Waals surface area contributed by atoms with Gasteiger partial charge in [0.05, 0.1) is 6.54 Å². The molecule has 30 heavy (non-hydrogen) atoms. The maximum atomic E-state index is 12.5. The first-order valence-electron chi connectivity index (χ1n) is 9.79. The Morgan fingerprint density at radius 3 is 2.20 bits per heavy atom. The Hall–Kier alpha value is -2.90. The molecule has 0 spiro atoms. The van der Waals surface area contributed by atoms with E-state index in [1.165, 1.54) is 5.56 Å². The van der Waals surface area contributed by atoms with E-state index in [1.807, 2.05) is 18.2 Å². The highest BCUT2D eigenvalue weighted by atomic mass is 35.5. The number of nitrogens with zero attached hydrogens (tertiary/aromatic N) is 1. The van der Waals surface area contributed by atoms with Gasteiger partial charge in [-0.05, 0) is 48.9 Å². The summed E-state index contributed by atoms with van der Waals surface area (Å²) >= 11 is 0. The molecule has 2 aromatic carbocycles. The molecule has 1 heterocycles. The number of anilines is 2. The van der Waals surface area contributed by atoms with Crippen molar-refractivity contribution < 1.29 is 14.4 Å². The van der Waals surface area contributed by atoms with Crippen LogP contribution >= 0.6 is 12.4 Å². The van der Waals surface area contributed by atoms with Crippen molar-refractivity contribution in [2.75, 3.05) is 30.3 Å². The molecule has 3 rings (SSSR count). The summed E-state index contributed by atoms with van der Waals surface area (Å²) in [5.74, 6) is -1.01. The summed E-state index contributed by atoms with van der Waals surface area (Å²) in [4.78, 5) is 37.9. The number of nitrogens with two attached hydrogens (primary N) is 1. The number of hydrogen-bond donors (Lipinski definition) is 3. The zero-order valence-electron chi connectivity index (χ0n) is 16.7. The number of carbonyl (C=O) groups is 3. The maximum Gasteiger partial charge on any atom is 0.313 e. The molecule has 160 valence electrons. The molecule has 0 unspecified atom stereocenters. The fourth-order valence-electron chi connectivity index (χ4n) is 3.50. The number of rotatable bonds is 5. The molecule has 1 aliphatic rings. The average molecular weight is 431 g/mol. The van der Waals surface area contributed by atoms with Crippen LogP contribution in [-0.2, 0) is 20.8 Å². The largest absolute Gasteiger partial charge is 0.334 e. The molecule has 0 atom stereocenters. The predicted molar refractivity (Wildman–Crippen MR) is 119 cm³/mol. The van der Waals surface area contributed by atoms with E-state index < -0.39 is 11.8 Å². The highest BCUT2D eigenvalue weighted by Crippen LogP contribution is 2.22. The van der Waals surface area contributed by atoms with E-state index in [4.69, 9.17) is 5.73 Å². The molecule has 3 amide bonds. The molecule has 0 aliphatic carbocycles. The minimum Gasteiger partial charge on any atom is -0.334 e. The van der Waals surface area contributed by atoms with Crippen molar-refractivity contribution in [2.45, 2.75) is 19.3 Å². The summed E-state index contributed by atoms with van der Waals surface area (Å²) in [7, 11) is 0. The first-order chi connectivity index (χ1) is 14.0. The Bertz CT molecular complexity index is 868. The Morgan fingerprint density at radius 1 is 0.933 bits per heavy atom. The van der Waals surface area contributed by atoms with Gasteiger partial charge in [0.2, 0.25) is 5.91 Å². The van der Waals surface area contributed by atoms with E-state index in [0.29, 0.717) is 30.4 Å². The van der Waals surface area contributed by atoms with Crippen LogP contribution in [0.5, 0.6) is 0 Å². The van der Waals surface area contributed by atoms with Crippen molar-refractivity contribution in [3.63, 3.8) is 0 Å². The zero-order valence-corrected chi connectivity index (χ0v) is 17.5. The summed E-state index contributed by atoms with van der Waals surface area (Å²) in [6.07, 6.45) is 2.76. The third kappa shape index (κ3) is 6.57. The molecule has 4 N–H and O–H groups in total. The lowest BCUT2D eigenvalue weighted by molar-refractivity contribution is -0.144. The van der Waals surface area contributed by atoms with Crippen molar-refractivity contribution >= 4 is 41.5 Å². The number of likely N-dealkylation sites (tertiary alicyclic amines) is 1. The predicted octanol–water partition coefficient (Wildman–Crippen LogP) is 2.43. The third-order valence-corrected chi connectivity index (χ3v) is 5.05. The van der Waals surface area contributed by atoms with Crippen LogP contribution in [0.15, 0.2) is 54.6 Å². The van der Waals surface area contributed by atoms with Gasteiger partial charge in [-0.2, -0.15) is 0 Å². The second-order valence-electron chi connectivity index (χ2n) is 7.21. The van der Waals surface area contributed by atoms with Crippen LogP contribution in [0, 0.1) is 5.92 Å². The van der Waals surface area contributed by atoms with Crippen LogP contribution in [0.4, 0.5) is 11.4 Å². The van der Waals surface area contributed by atoms with Crippen molar-refractivity contribution in [3.8, 4) is 0 Å². The molecule has 0 saturated carbocycles. The second-order valence-corrected chi connectivity index (χ2v) is 7.21. The molecule has 7 nitrogen and oxygen atoms in total. The highest BCUT2D eigenvalue weighted by Gasteiger charge is 2.27. The smallest absolute Gasteiger partial charge is 0.313 e. The van der Waals surface area contributed by atoms with Gasteiger partial charge >= 0.3 is 11.8 Å². The fourth-order valence-corrected chi connectivity index (χ4v) is 3.50. The summed E-state index contributed by atoms with van der Waals surface area (Å²) in [6, 6.07) is 16.9. The van der Waals surface area contributed by atoms with Gasteiger partial charge in [-0.1, -0.05) is 36.4 Å². The molecule has 8 heteroatoms. The number of halogens is 1. The minimum absolute atomic E-state index is 0. The number of amides is 3. The van der Waals surface area contributed by atoms with Gasteiger partial charge in [0, 0.05) is 24.5 Å². The van der Waals surface area contributed by atoms with Gasteiger partial charge in [-0.25, -0.2) is 0 Å². The average Bonchev–Trinajstić information content (AvgIpc) is 2.74. The van der Waals surface area contributed by atoms with Crippen molar-refractivity contribution in [2.24, 2.45) is 11.7 Å². The lowest BCUT2D eigenvalue weighted by Gasteiger charge is -2.31. The fraction of sp³-hybridized carbons (Fsp3) is 0.318. The number of benzene rings is 2. The van der Waals surface area contributed by atoms with E-state index in [9.17, 15) is 14.4 Å². The lowest BCUT2D eigenvalue weighted by atomic mass is 9.90. The van der Waals surface area contributed by atoms with Crippen molar-refractivity contribution in [1.29, 1.82) is 0 Å². The van der Waals surface area contributed by atoms with Gasteiger partial charge in [0.1, 0.15) is 0 Å². The third-order valence-electron chi connectivity index (χ3n) is 5.05. The van der Waals surface area contributed by atoms with Crippen LogP contribution in [0.2, 0.25) is 0 Å². The summed E-state index contributed by atoms with van der Waals surface area (Å²) in [5, 5.41) is 5.22. The number of hydrogen-bond acceptors (Lipinski definition) is 4. The quantitative estimate of drug-likeness (QED) is 0.633. The maximum absolute atomic E-state index is 12.5. The number of carbonyl (C=O) groups excluding carboxylic acids is 3. The molecular formula is C22H27ClN4O3. The van der Waals surface area contributed by atoms with E-state index in [2.05, 4.69) is 22.8 Å². The van der Waals surface area contributed by atoms with Gasteiger partial charge < -0.3 is 21.3 Å². The van der Waals surface area contributed by atoms with Crippen LogP contribution in [0.25, 0.3) is 0 Å². The number of piperidine rings is 1. The topological polar surface area (TPSA) is 105 Å². The summed E-state index contributed by atoms with van der Waals surface area (Å²) < 4.78 is 0. The second kappa shape index (κ2) is 11.3. The van der Waals surface area contributed by atoms with Gasteiger partial charge in [0.25, 0.3) is 0 Å². The lowest BCUT2D eigenvalue weighted by Crippen LogP contribution is -2.44. The first-order valence-corrected chi connectivity index (χ1v) is 9.79. The molecule has 1 saturated heterocycles. The van der Waals surface area contributed by atoms with Crippen molar-refractivity contribution in [1.82, 2.24) is 4.90 Å². The SMILES string of the molecule is Cl.NCC(=O)Nc1cccc(NC(=O)C(=O)N2CCC(Cc3ccccc3)CC2)c1. The molecule has 0 bridgehead atoms. The molecule has 2 aromatic rings. The Labute approximate surface area is 182 Å². The Balaban J connectivity index is 0.00000320. The Kier molecular flexibility index (Phi) is 8.83. The standard InChI is InChI=1S/C22H26N4O3.ClH/c23-15-20(27)24-18-7-4-8-19(14-18)25-21(28)22(29)26-11-9-17(10-12-26)13-16-5-2-1-3-6-16;/h1-8,14,17H,9-13,15,23H2,(H,24,27)(H,25,28);1H. The summed E-state index contributed by atoms with van der Waals surface area (Å²) in [5.41, 5.74) is 7.53. The molecular weight excluding hydrogens is 404 g/mol. The van der Waals surface area contributed by atoms with Crippen molar-refractivity contribution in [3.05, 3.63) is 60.2 Å². The monoisotopic (exact) mass is 430 g/mol. The van der Waals surface area contributed by atoms with E-state index in [-0.39, 0.29) is 24.9 Å². The minimum atomic E-state index is -0.672. The van der Waals surface area contributed by atoms with E-state index in [1.54, 1.807) is 29.2 Å². The first kappa shape index (κ1) is 23.4. The van der Waals surface area contributed by atoms with Gasteiger partial charge in [0.15, 0.2) is 0 Å². The van der Waals surface area contributed by atoms with E-state index >= 15 is 0 Å². The van der Waals surface area contributed by atoms with Gasteiger partial charge in [-0.15, -0.1) is 12.4 Å². The molecule has 1 aliphatic heterocycles. The Morgan fingerprint density at radius 2 is 1.57 bits per heavy atom. The summed E-state index contributed by atoms with van der Waals surface area (Å²) in [6.45, 7) is 1.03. The molecule has 1 fully saturated rings. The van der Waals surface area contributed by atoms with Crippen LogP contribution in [0.1, 0.15) is 18.4 Å². The molecule has 0 radical (unpaired) electrons. The number of nitrogens with one attached hydrogen (secondary N) is 2. The van der Waals surface area contributed by atoms with Crippen LogP contribution in [0.3, 0.4) is 0 Å².